The fourth-order valence-electron chi connectivity index (χ4n) is 20.1. The second kappa shape index (κ2) is 42.0. The Kier molecular flexibility index (Phi) is 38.4. The Bertz CT molecular complexity index is 3380. The van der Waals surface area contributed by atoms with Crippen molar-refractivity contribution in [3.05, 3.63) is 36.5 Å². The Balaban J connectivity index is 0.000000456. The van der Waals surface area contributed by atoms with Crippen LogP contribution in [-0.2, 0) is 110 Å². The van der Waals surface area contributed by atoms with Crippen LogP contribution in [0.3, 0.4) is 0 Å². The Morgan fingerprint density at radius 1 is 0.504 bits per heavy atom. The molecule has 0 amide bonds. The SMILES string of the molecule is C.C.C.C.C.C.C.C.C=C1CC2(CCC(O)CC2)OC1=O.C=C1CC2(CCOC2C)OC1=O.CCC(C)(C)C(=O)OC.CCC(C)(C)C(=O)OC.CCC(C)(C)C(=O)OC1C(=O)OC2C1CC1OC(C)(C)OC12.CCC(C)(C)C(=O)OC1C(=O)OC2C=CCC21.O=C1OCC2C3CC(C12)C1C2CCC(C2)C31.O=C1OCC2C3CCC(C3)C12. The third-order valence-corrected chi connectivity index (χ3v) is 28.2. The maximum Gasteiger partial charge on any atom is 0.348 e. The van der Waals surface area contributed by atoms with Crippen LogP contribution in [0.5, 0.6) is 0 Å². The summed E-state index contributed by atoms with van der Waals surface area (Å²) in [4.78, 5) is 115. The first-order valence-electron chi connectivity index (χ1n) is 40.6. The average Bonchev–Trinajstić information content (AvgIpc) is 1.53. The van der Waals surface area contributed by atoms with Gasteiger partial charge in [-0.25, -0.2) is 19.2 Å². The molecule has 8 aliphatic heterocycles. The van der Waals surface area contributed by atoms with Gasteiger partial charge in [-0.15, -0.1) is 0 Å². The van der Waals surface area contributed by atoms with Gasteiger partial charge in [0.15, 0.2) is 5.79 Å². The van der Waals surface area contributed by atoms with Crippen LogP contribution < -0.4 is 0 Å². The molecule has 16 fully saturated rings. The van der Waals surface area contributed by atoms with Crippen molar-refractivity contribution < 1.29 is 115 Å². The van der Waals surface area contributed by atoms with Gasteiger partial charge in [0.25, 0.3) is 0 Å². The van der Waals surface area contributed by atoms with E-state index in [1.807, 2.05) is 116 Å². The highest BCUT2D eigenvalue weighted by atomic mass is 16.8. The number of esters is 10. The molecule has 0 aromatic rings. The predicted molar refractivity (Wildman–Crippen MR) is 449 cm³/mol. The van der Waals surface area contributed by atoms with Gasteiger partial charge < -0.3 is 66.7 Å². The van der Waals surface area contributed by atoms with Crippen molar-refractivity contribution >= 4 is 59.7 Å². The van der Waals surface area contributed by atoms with Crippen LogP contribution in [0.1, 0.15) is 292 Å². The molecule has 8 saturated carbocycles. The minimum atomic E-state index is -0.843. The molecule has 1 N–H and O–H groups in total. The molecular formula is C93H158O24. The van der Waals surface area contributed by atoms with Crippen LogP contribution in [0.15, 0.2) is 36.5 Å². The van der Waals surface area contributed by atoms with Gasteiger partial charge in [-0.3, -0.25) is 28.8 Å². The fraction of sp³-hybridized carbons (Fsp3) is 0.828. The number of cyclic esters (lactones) is 2. The lowest BCUT2D eigenvalue weighted by atomic mass is 9.64. The summed E-state index contributed by atoms with van der Waals surface area (Å²) in [5.41, 5.74) is -1.32. The number of hydrogen-bond acceptors (Lipinski definition) is 24. The first-order chi connectivity index (χ1) is 51.1. The van der Waals surface area contributed by atoms with Gasteiger partial charge in [0.1, 0.15) is 29.5 Å². The highest BCUT2D eigenvalue weighted by Gasteiger charge is 2.69. The molecule has 17 aliphatic rings. The summed E-state index contributed by atoms with van der Waals surface area (Å²) in [7, 11) is 2.83. The lowest BCUT2D eigenvalue weighted by Gasteiger charge is -2.38. The summed E-state index contributed by atoms with van der Waals surface area (Å²) < 4.78 is 68.5. The minimum absolute atomic E-state index is 0. The Morgan fingerprint density at radius 2 is 0.966 bits per heavy atom. The monoisotopic (exact) mass is 1660 g/mol. The molecule has 24 nitrogen and oxygen atoms in total. The van der Waals surface area contributed by atoms with Gasteiger partial charge in [-0.1, -0.05) is 106 Å². The van der Waals surface area contributed by atoms with Crippen molar-refractivity contribution in [1.82, 2.24) is 0 Å². The summed E-state index contributed by atoms with van der Waals surface area (Å²) in [5, 5.41) is 9.32. The van der Waals surface area contributed by atoms with E-state index in [0.29, 0.717) is 79.4 Å². The van der Waals surface area contributed by atoms with Gasteiger partial charge in [-0.05, 0) is 239 Å². The molecule has 117 heavy (non-hydrogen) atoms. The summed E-state index contributed by atoms with van der Waals surface area (Å²) in [6.07, 6.45) is 20.3. The molecule has 0 aromatic heterocycles. The van der Waals surface area contributed by atoms with Gasteiger partial charge in [0, 0.05) is 48.2 Å². The zero-order chi connectivity index (χ0) is 80.0. The zero-order valence-electron chi connectivity index (χ0n) is 67.9. The number of hydrogen-bond donors (Lipinski definition) is 1. The smallest absolute Gasteiger partial charge is 0.348 e. The number of aliphatic hydroxyl groups is 1. The Hall–Kier alpha value is -6.24. The number of aliphatic hydroxyl groups excluding tert-OH is 1. The van der Waals surface area contributed by atoms with E-state index in [4.69, 9.17) is 52.1 Å². The number of allylic oxidation sites excluding steroid dienone is 1. The molecule has 9 aliphatic carbocycles. The van der Waals surface area contributed by atoms with E-state index in [9.17, 15) is 53.1 Å². The standard InChI is InChI=1S/C16H24O6.C14H18O2.C13H18O4.C10H14O3.C9H12O3.C9H12O2.2C7H14O2.8CH4/c1-6-15(2,3)14(18)20-11-8-7-9-12(10(8)19-13(11)17)22-16(4,5)21-9;15-14-13-9-4-8(10(13)5-16-14)11-6-1-2-7(3-6)12(9)11;1-4-13(2,3)12(15)17-10-8-6-5-7-9(8)16-11(10)14;1-7-6-10(13-9(7)12)4-2-8(11)3-5-10;1-6-5-9(12-8(6)10)3-4-11-7(9)2;10-9-8-6-2-1-5(3-6)7(8)4-11-9;2*1-5-7(2,3)6(8)9-4;;;;;;;;/h8-12H,6-7H2,1-5H3;6-13H,1-5H2;5,7-10H,4,6H2,1-3H3;8,11H,1-6H2;7H,1,3-5H2,2H3;5-8H,1-4H2;2*5H2,1-4H3;8*1H4. The number of carbonyl (C=O) groups is 10. The number of carbonyl (C=O) groups excluding carboxylic acids is 10. The molecule has 22 unspecified atom stereocenters. The summed E-state index contributed by atoms with van der Waals surface area (Å²) in [5.74, 6) is 5.95. The highest BCUT2D eigenvalue weighted by Crippen LogP contribution is 2.71. The largest absolute Gasteiger partial charge is 0.469 e. The topological polar surface area (TPSA) is 311 Å². The van der Waals surface area contributed by atoms with E-state index >= 15 is 0 Å². The van der Waals surface area contributed by atoms with Crippen molar-refractivity contribution in [3.8, 4) is 0 Å². The minimum Gasteiger partial charge on any atom is -0.469 e. The first-order valence-corrected chi connectivity index (χ1v) is 40.6. The number of fused-ring (bicyclic) bond motifs is 21. The number of methoxy groups -OCH3 is 2. The third-order valence-electron chi connectivity index (χ3n) is 28.2. The molecule has 8 saturated heterocycles. The van der Waals surface area contributed by atoms with Crippen molar-refractivity contribution in [2.45, 2.75) is 358 Å². The van der Waals surface area contributed by atoms with Crippen LogP contribution in [0.4, 0.5) is 0 Å². The van der Waals surface area contributed by atoms with Crippen molar-refractivity contribution in [3.63, 3.8) is 0 Å². The molecule has 22 atom stereocenters. The van der Waals surface area contributed by atoms with Crippen LogP contribution in [0, 0.1) is 105 Å². The first kappa shape index (κ1) is 107. The third kappa shape index (κ3) is 22.4. The van der Waals surface area contributed by atoms with Gasteiger partial charge in [0.05, 0.1) is 91.8 Å². The molecule has 2 spiro atoms. The summed E-state index contributed by atoms with van der Waals surface area (Å²) in [6, 6.07) is 0. The second-order valence-electron chi connectivity index (χ2n) is 36.9. The van der Waals surface area contributed by atoms with Crippen LogP contribution in [0.25, 0.3) is 0 Å². The molecule has 24 heteroatoms. The Labute approximate surface area is 703 Å². The van der Waals surface area contributed by atoms with E-state index in [2.05, 4.69) is 22.6 Å². The quantitative estimate of drug-likeness (QED) is 0.0698. The van der Waals surface area contributed by atoms with Crippen molar-refractivity contribution in [1.29, 1.82) is 0 Å². The maximum atomic E-state index is 12.2. The fourth-order valence-corrected chi connectivity index (χ4v) is 20.1. The second-order valence-corrected chi connectivity index (χ2v) is 36.9. The molecule has 0 aromatic carbocycles. The maximum absolute atomic E-state index is 12.2. The van der Waals surface area contributed by atoms with E-state index in [1.54, 1.807) is 0 Å². The van der Waals surface area contributed by atoms with E-state index in [1.165, 1.54) is 59.2 Å². The molecule has 17 rings (SSSR count). The molecule has 0 radical (unpaired) electrons. The van der Waals surface area contributed by atoms with Crippen molar-refractivity contribution in [2.24, 2.45) is 105 Å². The molecule has 8 heterocycles. The highest BCUT2D eigenvalue weighted by molar-refractivity contribution is 5.91. The van der Waals surface area contributed by atoms with Gasteiger partial charge in [0.2, 0.25) is 12.2 Å². The van der Waals surface area contributed by atoms with E-state index in [0.717, 1.165) is 106 Å². The molecular weight excluding hydrogens is 1500 g/mol. The lowest BCUT2D eigenvalue weighted by Crippen LogP contribution is -2.38. The molecule has 674 valence electrons. The van der Waals surface area contributed by atoms with Crippen LogP contribution >= 0.6 is 0 Å². The summed E-state index contributed by atoms with van der Waals surface area (Å²) >= 11 is 0. The lowest BCUT2D eigenvalue weighted by molar-refractivity contribution is -0.170. The summed E-state index contributed by atoms with van der Waals surface area (Å²) in [6.45, 7) is 37.7. The predicted octanol–water partition coefficient (Wildman–Crippen LogP) is 17.4. The average molecular weight is 1660 g/mol. The van der Waals surface area contributed by atoms with Gasteiger partial charge in [-0.2, -0.15) is 0 Å². The number of ether oxygens (including phenoxy) is 13. The van der Waals surface area contributed by atoms with Gasteiger partial charge >= 0.3 is 59.7 Å². The van der Waals surface area contributed by atoms with Crippen LogP contribution in [0.2, 0.25) is 0 Å². The normalized spacial score (nSPS) is 36.1. The van der Waals surface area contributed by atoms with Crippen LogP contribution in [-0.4, -0.2) is 165 Å². The zero-order valence-corrected chi connectivity index (χ0v) is 67.9. The Morgan fingerprint density at radius 3 is 1.44 bits per heavy atom. The number of rotatable bonds is 10. The molecule has 6 bridgehead atoms. The van der Waals surface area contributed by atoms with E-state index < -0.39 is 40.8 Å². The van der Waals surface area contributed by atoms with E-state index in [-0.39, 0.29) is 178 Å². The van der Waals surface area contributed by atoms with Crippen molar-refractivity contribution in [2.75, 3.05) is 34.0 Å².